The SMILES string of the molecule is Cc1ccc(OC[C@H](O)CN2CCC[C@@H](N3CCCC3)C2)cc1. The van der Waals surface area contributed by atoms with Gasteiger partial charge in [0, 0.05) is 19.1 Å². The van der Waals surface area contributed by atoms with Crippen LogP contribution in [0, 0.1) is 6.92 Å². The van der Waals surface area contributed by atoms with Crippen LogP contribution < -0.4 is 4.74 Å². The van der Waals surface area contributed by atoms with Crippen LogP contribution in [0.2, 0.25) is 0 Å². The molecular formula is C19H30N2O2. The standard InChI is InChI=1S/C19H30N2O2/c1-16-6-8-19(9-7-16)23-15-18(22)14-20-10-4-5-17(13-20)21-11-2-3-12-21/h6-9,17-18,22H,2-5,10-15H2,1H3/t17-,18-/m1/s1. The van der Waals surface area contributed by atoms with Crippen molar-refractivity contribution < 1.29 is 9.84 Å². The molecule has 23 heavy (non-hydrogen) atoms. The van der Waals surface area contributed by atoms with Gasteiger partial charge >= 0.3 is 0 Å². The maximum atomic E-state index is 10.3. The average Bonchev–Trinajstić information content (AvgIpc) is 3.09. The zero-order valence-corrected chi connectivity index (χ0v) is 14.3. The van der Waals surface area contributed by atoms with Gasteiger partial charge in [-0.2, -0.15) is 0 Å². The molecule has 128 valence electrons. The van der Waals surface area contributed by atoms with Crippen LogP contribution in [0.25, 0.3) is 0 Å². The molecule has 0 spiro atoms. The highest BCUT2D eigenvalue weighted by atomic mass is 16.5. The summed E-state index contributed by atoms with van der Waals surface area (Å²) in [5.74, 6) is 0.836. The minimum Gasteiger partial charge on any atom is -0.491 e. The molecule has 0 aliphatic carbocycles. The van der Waals surface area contributed by atoms with Crippen molar-refractivity contribution in [3.8, 4) is 5.75 Å². The van der Waals surface area contributed by atoms with E-state index in [1.807, 2.05) is 24.3 Å². The number of ether oxygens (including phenoxy) is 1. The Hall–Kier alpha value is -1.10. The Bertz CT molecular complexity index is 471. The summed E-state index contributed by atoms with van der Waals surface area (Å²) in [5, 5.41) is 10.3. The second-order valence-corrected chi connectivity index (χ2v) is 7.08. The summed E-state index contributed by atoms with van der Waals surface area (Å²) in [6.45, 7) is 7.87. The number of aliphatic hydroxyl groups excluding tert-OH is 1. The van der Waals surface area contributed by atoms with Crippen LogP contribution in [0.5, 0.6) is 5.75 Å². The zero-order chi connectivity index (χ0) is 16.1. The number of likely N-dealkylation sites (tertiary alicyclic amines) is 2. The van der Waals surface area contributed by atoms with Gasteiger partial charge in [-0.3, -0.25) is 9.80 Å². The number of nitrogens with zero attached hydrogens (tertiary/aromatic N) is 2. The Labute approximate surface area is 140 Å². The molecule has 1 aromatic rings. The maximum absolute atomic E-state index is 10.3. The van der Waals surface area contributed by atoms with Gasteiger partial charge in [-0.1, -0.05) is 17.7 Å². The van der Waals surface area contributed by atoms with Crippen molar-refractivity contribution in [2.24, 2.45) is 0 Å². The van der Waals surface area contributed by atoms with E-state index in [1.54, 1.807) is 0 Å². The van der Waals surface area contributed by atoms with Crippen LogP contribution in [0.15, 0.2) is 24.3 Å². The van der Waals surface area contributed by atoms with E-state index in [0.717, 1.165) is 25.4 Å². The molecule has 2 atom stereocenters. The zero-order valence-electron chi connectivity index (χ0n) is 14.3. The van der Waals surface area contributed by atoms with Crippen LogP contribution in [-0.2, 0) is 0 Å². The molecule has 2 aliphatic rings. The van der Waals surface area contributed by atoms with Crippen molar-refractivity contribution in [3.63, 3.8) is 0 Å². The van der Waals surface area contributed by atoms with Gasteiger partial charge in [0.25, 0.3) is 0 Å². The van der Waals surface area contributed by atoms with Crippen molar-refractivity contribution in [2.75, 3.05) is 39.3 Å². The quantitative estimate of drug-likeness (QED) is 0.873. The largest absolute Gasteiger partial charge is 0.491 e. The van der Waals surface area contributed by atoms with E-state index in [2.05, 4.69) is 16.7 Å². The van der Waals surface area contributed by atoms with Gasteiger partial charge in [-0.05, 0) is 64.4 Å². The second-order valence-electron chi connectivity index (χ2n) is 7.08. The van der Waals surface area contributed by atoms with E-state index < -0.39 is 6.10 Å². The minimum atomic E-state index is -0.423. The Morgan fingerprint density at radius 1 is 1.13 bits per heavy atom. The maximum Gasteiger partial charge on any atom is 0.119 e. The summed E-state index contributed by atoms with van der Waals surface area (Å²) in [7, 11) is 0. The Morgan fingerprint density at radius 2 is 1.87 bits per heavy atom. The highest BCUT2D eigenvalue weighted by molar-refractivity contribution is 5.26. The molecule has 1 N–H and O–H groups in total. The molecule has 0 unspecified atom stereocenters. The van der Waals surface area contributed by atoms with E-state index in [-0.39, 0.29) is 0 Å². The predicted molar refractivity (Wildman–Crippen MR) is 92.9 cm³/mol. The van der Waals surface area contributed by atoms with Crippen molar-refractivity contribution in [1.82, 2.24) is 9.80 Å². The first-order valence-electron chi connectivity index (χ1n) is 9.04. The topological polar surface area (TPSA) is 35.9 Å². The van der Waals surface area contributed by atoms with Gasteiger partial charge in [0.1, 0.15) is 18.5 Å². The van der Waals surface area contributed by atoms with Gasteiger partial charge in [-0.25, -0.2) is 0 Å². The summed E-state index contributed by atoms with van der Waals surface area (Å²) in [6, 6.07) is 8.69. The molecule has 2 fully saturated rings. The van der Waals surface area contributed by atoms with Crippen LogP contribution in [0.3, 0.4) is 0 Å². The number of β-amino-alcohol motifs (C(OH)–C–C–N with tert-alkyl or cyclic N) is 1. The molecule has 0 saturated carbocycles. The van der Waals surface area contributed by atoms with E-state index in [4.69, 9.17) is 4.74 Å². The van der Waals surface area contributed by atoms with Gasteiger partial charge < -0.3 is 9.84 Å². The molecule has 0 radical (unpaired) electrons. The fourth-order valence-electron chi connectivity index (χ4n) is 3.78. The van der Waals surface area contributed by atoms with E-state index in [9.17, 15) is 5.11 Å². The fraction of sp³-hybridized carbons (Fsp3) is 0.684. The molecule has 0 aromatic heterocycles. The smallest absolute Gasteiger partial charge is 0.119 e. The highest BCUT2D eigenvalue weighted by Gasteiger charge is 2.27. The molecule has 0 bridgehead atoms. The second kappa shape index (κ2) is 8.13. The van der Waals surface area contributed by atoms with E-state index in [1.165, 1.54) is 44.3 Å². The lowest BCUT2D eigenvalue weighted by atomic mass is 10.0. The number of rotatable bonds is 6. The Morgan fingerprint density at radius 3 is 2.61 bits per heavy atom. The molecule has 3 rings (SSSR count). The average molecular weight is 318 g/mol. The third-order valence-electron chi connectivity index (χ3n) is 5.07. The van der Waals surface area contributed by atoms with Crippen LogP contribution >= 0.6 is 0 Å². The molecular weight excluding hydrogens is 288 g/mol. The molecule has 0 amide bonds. The van der Waals surface area contributed by atoms with Gasteiger partial charge in [0.15, 0.2) is 0 Å². The van der Waals surface area contributed by atoms with Gasteiger partial charge in [0.2, 0.25) is 0 Å². The van der Waals surface area contributed by atoms with Crippen molar-refractivity contribution >= 4 is 0 Å². The Balaban J connectivity index is 1.41. The lowest BCUT2D eigenvalue weighted by Gasteiger charge is -2.38. The molecule has 2 saturated heterocycles. The number of aryl methyl sites for hydroxylation is 1. The number of benzene rings is 1. The number of hydrogen-bond donors (Lipinski definition) is 1. The highest BCUT2D eigenvalue weighted by Crippen LogP contribution is 2.20. The summed E-state index contributed by atoms with van der Waals surface area (Å²) in [5.41, 5.74) is 1.22. The number of aliphatic hydroxyl groups is 1. The van der Waals surface area contributed by atoms with E-state index in [0.29, 0.717) is 12.6 Å². The van der Waals surface area contributed by atoms with Crippen LogP contribution in [0.1, 0.15) is 31.2 Å². The monoisotopic (exact) mass is 318 g/mol. The predicted octanol–water partition coefficient (Wildman–Crippen LogP) is 2.29. The minimum absolute atomic E-state index is 0.369. The first-order chi connectivity index (χ1) is 11.2. The third kappa shape index (κ3) is 4.93. The molecule has 4 heteroatoms. The third-order valence-corrected chi connectivity index (χ3v) is 5.07. The Kier molecular flexibility index (Phi) is 5.92. The number of piperidine rings is 1. The van der Waals surface area contributed by atoms with Crippen molar-refractivity contribution in [3.05, 3.63) is 29.8 Å². The lowest BCUT2D eigenvalue weighted by molar-refractivity contribution is 0.0416. The fourth-order valence-corrected chi connectivity index (χ4v) is 3.78. The van der Waals surface area contributed by atoms with Gasteiger partial charge in [0.05, 0.1) is 0 Å². The van der Waals surface area contributed by atoms with Crippen LogP contribution in [-0.4, -0.2) is 66.4 Å². The lowest BCUT2D eigenvalue weighted by Crippen LogP contribution is -2.49. The van der Waals surface area contributed by atoms with Crippen molar-refractivity contribution in [2.45, 2.75) is 44.8 Å². The van der Waals surface area contributed by atoms with Crippen molar-refractivity contribution in [1.29, 1.82) is 0 Å². The summed E-state index contributed by atoms with van der Waals surface area (Å²) >= 11 is 0. The summed E-state index contributed by atoms with van der Waals surface area (Å²) in [4.78, 5) is 5.05. The van der Waals surface area contributed by atoms with Crippen LogP contribution in [0.4, 0.5) is 0 Å². The summed E-state index contributed by atoms with van der Waals surface area (Å²) in [6.07, 6.45) is 4.83. The summed E-state index contributed by atoms with van der Waals surface area (Å²) < 4.78 is 5.70. The van der Waals surface area contributed by atoms with Gasteiger partial charge in [-0.15, -0.1) is 0 Å². The van der Waals surface area contributed by atoms with E-state index >= 15 is 0 Å². The molecule has 4 nitrogen and oxygen atoms in total. The first-order valence-corrected chi connectivity index (χ1v) is 9.04. The molecule has 2 aliphatic heterocycles. The normalized spacial score (nSPS) is 24.7. The molecule has 2 heterocycles. The number of hydrogen-bond acceptors (Lipinski definition) is 4. The molecule has 1 aromatic carbocycles. The first kappa shape index (κ1) is 16.7.